The minimum Gasteiger partial charge on any atom is -0.454 e. The molecule has 3 aliphatic heterocycles. The molecule has 4 nitrogen and oxygen atoms in total. The standard InChI is InChI=1S/C20H17FN2O2/c21-12-1-2-16-14(6-12)15-7-18-13-8-20-19(24-10-25-20)5-11(13)3-4-23(18)9-17(15)22-16/h1-2,5-6,8,18,22H,3-4,7,9-10H2/t18-/m0/s1. The Balaban J connectivity index is 1.49. The summed E-state index contributed by atoms with van der Waals surface area (Å²) < 4.78 is 24.9. The second-order valence-electron chi connectivity index (χ2n) is 7.12. The molecule has 4 heterocycles. The van der Waals surface area contributed by atoms with Crippen LogP contribution in [0, 0.1) is 5.82 Å². The molecule has 1 aromatic heterocycles. The van der Waals surface area contributed by atoms with Gasteiger partial charge in [0.2, 0.25) is 6.79 Å². The van der Waals surface area contributed by atoms with Gasteiger partial charge in [0.15, 0.2) is 11.5 Å². The lowest BCUT2D eigenvalue weighted by Gasteiger charge is -2.40. The number of ether oxygens (including phenoxy) is 2. The molecule has 126 valence electrons. The molecule has 6 rings (SSSR count). The van der Waals surface area contributed by atoms with Crippen molar-refractivity contribution >= 4 is 10.9 Å². The number of benzene rings is 2. The summed E-state index contributed by atoms with van der Waals surface area (Å²) in [7, 11) is 0. The predicted octanol–water partition coefficient (Wildman–Crippen LogP) is 3.69. The lowest BCUT2D eigenvalue weighted by atomic mass is 9.85. The molecule has 0 saturated heterocycles. The first-order valence-corrected chi connectivity index (χ1v) is 8.72. The Labute approximate surface area is 144 Å². The van der Waals surface area contributed by atoms with E-state index in [0.717, 1.165) is 48.3 Å². The SMILES string of the molecule is Fc1ccc2[nH]c3c(c2c1)C[C@H]1c2cc4c(cc2CCN1C3)OCO4. The van der Waals surface area contributed by atoms with E-state index in [1.54, 1.807) is 6.07 Å². The van der Waals surface area contributed by atoms with Gasteiger partial charge in [-0.05, 0) is 59.9 Å². The summed E-state index contributed by atoms with van der Waals surface area (Å²) in [6.07, 6.45) is 1.91. The molecular formula is C20H17FN2O2. The van der Waals surface area contributed by atoms with E-state index in [0.29, 0.717) is 12.8 Å². The van der Waals surface area contributed by atoms with Crippen LogP contribution in [0.5, 0.6) is 11.5 Å². The second kappa shape index (κ2) is 4.76. The van der Waals surface area contributed by atoms with Gasteiger partial charge in [-0.1, -0.05) is 0 Å². The van der Waals surface area contributed by atoms with Crippen molar-refractivity contribution in [1.29, 1.82) is 0 Å². The summed E-state index contributed by atoms with van der Waals surface area (Å²) in [5.41, 5.74) is 6.17. The monoisotopic (exact) mass is 336 g/mol. The van der Waals surface area contributed by atoms with E-state index < -0.39 is 0 Å². The fourth-order valence-electron chi connectivity index (χ4n) is 4.61. The van der Waals surface area contributed by atoms with Crippen molar-refractivity contribution in [2.24, 2.45) is 0 Å². The first-order valence-electron chi connectivity index (χ1n) is 8.72. The van der Waals surface area contributed by atoms with E-state index in [1.165, 1.54) is 28.5 Å². The average molecular weight is 336 g/mol. The van der Waals surface area contributed by atoms with E-state index in [4.69, 9.17) is 9.47 Å². The molecule has 1 N–H and O–H groups in total. The quantitative estimate of drug-likeness (QED) is 0.680. The summed E-state index contributed by atoms with van der Waals surface area (Å²) in [5, 5.41) is 1.02. The molecule has 0 saturated carbocycles. The van der Waals surface area contributed by atoms with Crippen LogP contribution >= 0.6 is 0 Å². The Morgan fingerprint density at radius 1 is 1.12 bits per heavy atom. The average Bonchev–Trinajstić information content (AvgIpc) is 3.21. The lowest BCUT2D eigenvalue weighted by molar-refractivity contribution is 0.159. The highest BCUT2D eigenvalue weighted by Gasteiger charge is 2.35. The highest BCUT2D eigenvalue weighted by atomic mass is 19.1. The van der Waals surface area contributed by atoms with Crippen LogP contribution in [-0.2, 0) is 19.4 Å². The highest BCUT2D eigenvalue weighted by Crippen LogP contribution is 2.44. The number of nitrogens with zero attached hydrogens (tertiary/aromatic N) is 1. The normalized spacial score (nSPS) is 21.1. The van der Waals surface area contributed by atoms with Crippen molar-refractivity contribution in [3.8, 4) is 11.5 Å². The fraction of sp³-hybridized carbons (Fsp3) is 0.300. The Morgan fingerprint density at radius 3 is 2.92 bits per heavy atom. The van der Waals surface area contributed by atoms with Gasteiger partial charge in [0.25, 0.3) is 0 Å². The predicted molar refractivity (Wildman–Crippen MR) is 91.4 cm³/mol. The van der Waals surface area contributed by atoms with Gasteiger partial charge in [0, 0.05) is 35.7 Å². The third-order valence-electron chi connectivity index (χ3n) is 5.82. The van der Waals surface area contributed by atoms with Crippen molar-refractivity contribution in [3.05, 3.63) is 58.5 Å². The van der Waals surface area contributed by atoms with Gasteiger partial charge in [0.1, 0.15) is 5.82 Å². The van der Waals surface area contributed by atoms with E-state index >= 15 is 0 Å². The molecule has 0 aliphatic carbocycles. The Kier molecular flexibility index (Phi) is 2.61. The lowest BCUT2D eigenvalue weighted by Crippen LogP contribution is -2.39. The van der Waals surface area contributed by atoms with E-state index in [2.05, 4.69) is 22.0 Å². The van der Waals surface area contributed by atoms with Crippen LogP contribution in [0.4, 0.5) is 4.39 Å². The number of H-pyrrole nitrogens is 1. The van der Waals surface area contributed by atoms with Crippen LogP contribution in [0.25, 0.3) is 10.9 Å². The molecule has 0 fully saturated rings. The molecule has 25 heavy (non-hydrogen) atoms. The molecule has 3 aromatic rings. The van der Waals surface area contributed by atoms with Crippen LogP contribution in [0.1, 0.15) is 28.4 Å². The van der Waals surface area contributed by atoms with Gasteiger partial charge >= 0.3 is 0 Å². The number of aromatic nitrogens is 1. The zero-order valence-corrected chi connectivity index (χ0v) is 13.6. The first kappa shape index (κ1) is 13.7. The summed E-state index contributed by atoms with van der Waals surface area (Å²) in [5.74, 6) is 1.53. The largest absolute Gasteiger partial charge is 0.454 e. The summed E-state index contributed by atoms with van der Waals surface area (Å²) >= 11 is 0. The summed E-state index contributed by atoms with van der Waals surface area (Å²) in [4.78, 5) is 6.00. The zero-order chi connectivity index (χ0) is 16.5. The van der Waals surface area contributed by atoms with Gasteiger partial charge in [0.05, 0.1) is 0 Å². The molecular weight excluding hydrogens is 319 g/mol. The van der Waals surface area contributed by atoms with Crippen molar-refractivity contribution in [2.75, 3.05) is 13.3 Å². The molecule has 3 aliphatic rings. The number of fused-ring (bicyclic) bond motifs is 7. The number of nitrogens with one attached hydrogen (secondary N) is 1. The van der Waals surface area contributed by atoms with Crippen LogP contribution in [0.15, 0.2) is 30.3 Å². The maximum Gasteiger partial charge on any atom is 0.231 e. The molecule has 0 bridgehead atoms. The Hall–Kier alpha value is -2.53. The summed E-state index contributed by atoms with van der Waals surface area (Å²) in [6.45, 7) is 2.21. The number of rotatable bonds is 0. The number of halogens is 1. The summed E-state index contributed by atoms with van der Waals surface area (Å²) in [6, 6.07) is 9.62. The Morgan fingerprint density at radius 2 is 2.00 bits per heavy atom. The second-order valence-corrected chi connectivity index (χ2v) is 7.12. The molecule has 0 amide bonds. The van der Waals surface area contributed by atoms with Gasteiger partial charge < -0.3 is 14.5 Å². The van der Waals surface area contributed by atoms with Crippen LogP contribution in [-0.4, -0.2) is 23.2 Å². The maximum absolute atomic E-state index is 13.8. The van der Waals surface area contributed by atoms with E-state index in [-0.39, 0.29) is 5.82 Å². The third-order valence-corrected chi connectivity index (χ3v) is 5.82. The first-order chi connectivity index (χ1) is 12.3. The number of hydrogen-bond donors (Lipinski definition) is 1. The smallest absolute Gasteiger partial charge is 0.231 e. The number of aromatic amines is 1. The maximum atomic E-state index is 13.8. The van der Waals surface area contributed by atoms with E-state index in [1.807, 2.05) is 6.07 Å². The Bertz CT molecular complexity index is 1030. The molecule has 1 atom stereocenters. The van der Waals surface area contributed by atoms with Crippen LogP contribution in [0.3, 0.4) is 0 Å². The van der Waals surface area contributed by atoms with Crippen LogP contribution < -0.4 is 9.47 Å². The fourth-order valence-corrected chi connectivity index (χ4v) is 4.61. The molecule has 0 unspecified atom stereocenters. The molecule has 0 radical (unpaired) electrons. The molecule has 2 aromatic carbocycles. The minimum atomic E-state index is -0.177. The van der Waals surface area contributed by atoms with Gasteiger partial charge in [-0.3, -0.25) is 4.90 Å². The van der Waals surface area contributed by atoms with Crippen molar-refractivity contribution in [2.45, 2.75) is 25.4 Å². The van der Waals surface area contributed by atoms with Crippen molar-refractivity contribution in [3.63, 3.8) is 0 Å². The zero-order valence-electron chi connectivity index (χ0n) is 13.6. The van der Waals surface area contributed by atoms with Crippen molar-refractivity contribution < 1.29 is 13.9 Å². The van der Waals surface area contributed by atoms with Crippen LogP contribution in [0.2, 0.25) is 0 Å². The highest BCUT2D eigenvalue weighted by molar-refractivity contribution is 5.85. The van der Waals surface area contributed by atoms with Gasteiger partial charge in [-0.25, -0.2) is 4.39 Å². The van der Waals surface area contributed by atoms with E-state index in [9.17, 15) is 4.39 Å². The van der Waals surface area contributed by atoms with Gasteiger partial charge in [-0.15, -0.1) is 0 Å². The minimum absolute atomic E-state index is 0.177. The third kappa shape index (κ3) is 1.90. The molecule has 5 heteroatoms. The van der Waals surface area contributed by atoms with Crippen molar-refractivity contribution in [1.82, 2.24) is 9.88 Å². The molecule has 0 spiro atoms. The topological polar surface area (TPSA) is 37.5 Å². The number of hydrogen-bond acceptors (Lipinski definition) is 3. The van der Waals surface area contributed by atoms with Gasteiger partial charge in [-0.2, -0.15) is 0 Å².